The highest BCUT2D eigenvalue weighted by Crippen LogP contribution is 2.16. The van der Waals surface area contributed by atoms with Crippen LogP contribution in [0.1, 0.15) is 16.1 Å². The van der Waals surface area contributed by atoms with Crippen molar-refractivity contribution in [1.29, 1.82) is 0 Å². The van der Waals surface area contributed by atoms with Crippen molar-refractivity contribution in [3.8, 4) is 17.0 Å². The molecule has 7 heteroatoms. The quantitative estimate of drug-likeness (QED) is 0.615. The maximum Gasteiger partial charge on any atom is 0.287 e. The Morgan fingerprint density at radius 2 is 1.85 bits per heavy atom. The average Bonchev–Trinajstić information content (AvgIpc) is 3.15. The number of carbonyl (C=O) groups excluding carboxylic acids is 2. The molecule has 0 fully saturated rings. The van der Waals surface area contributed by atoms with Gasteiger partial charge in [0.2, 0.25) is 0 Å². The fourth-order valence-corrected chi connectivity index (χ4v) is 2.28. The van der Waals surface area contributed by atoms with Crippen molar-refractivity contribution < 1.29 is 14.3 Å². The smallest absolute Gasteiger partial charge is 0.287 e. The number of H-pyrrole nitrogens is 1. The summed E-state index contributed by atoms with van der Waals surface area (Å²) >= 11 is 0. The Hall–Kier alpha value is -3.61. The molecule has 0 aliphatic heterocycles. The van der Waals surface area contributed by atoms with E-state index in [1.165, 1.54) is 0 Å². The number of aromatic amines is 1. The number of amides is 2. The summed E-state index contributed by atoms with van der Waals surface area (Å²) in [6, 6.07) is 18.4. The predicted molar refractivity (Wildman–Crippen MR) is 96.3 cm³/mol. The number of aryl methyl sites for hydroxylation is 1. The third-order valence-corrected chi connectivity index (χ3v) is 3.57. The van der Waals surface area contributed by atoms with Crippen molar-refractivity contribution in [2.75, 3.05) is 6.61 Å². The van der Waals surface area contributed by atoms with E-state index >= 15 is 0 Å². The second-order valence-electron chi connectivity index (χ2n) is 5.64. The highest BCUT2D eigenvalue weighted by molar-refractivity contribution is 5.94. The van der Waals surface area contributed by atoms with Gasteiger partial charge in [0, 0.05) is 5.56 Å². The zero-order valence-corrected chi connectivity index (χ0v) is 14.2. The number of hydrogen-bond donors (Lipinski definition) is 3. The summed E-state index contributed by atoms with van der Waals surface area (Å²) in [4.78, 5) is 23.9. The van der Waals surface area contributed by atoms with Crippen molar-refractivity contribution in [3.63, 3.8) is 0 Å². The number of aromatic nitrogens is 2. The number of nitrogens with one attached hydrogen (secondary N) is 3. The Labute approximate surface area is 150 Å². The zero-order chi connectivity index (χ0) is 18.4. The minimum absolute atomic E-state index is 0.206. The Morgan fingerprint density at radius 3 is 2.62 bits per heavy atom. The number of carbonyl (C=O) groups is 2. The first-order valence-corrected chi connectivity index (χ1v) is 8.01. The molecule has 3 rings (SSSR count). The fourth-order valence-electron chi connectivity index (χ4n) is 2.28. The normalized spacial score (nSPS) is 10.2. The van der Waals surface area contributed by atoms with Crippen molar-refractivity contribution >= 4 is 11.8 Å². The number of hydrogen-bond acceptors (Lipinski definition) is 4. The lowest BCUT2D eigenvalue weighted by molar-refractivity contribution is -0.123. The number of benzene rings is 2. The van der Waals surface area contributed by atoms with Crippen LogP contribution in [-0.2, 0) is 4.79 Å². The lowest BCUT2D eigenvalue weighted by Gasteiger charge is -2.08. The molecule has 3 N–H and O–H groups in total. The van der Waals surface area contributed by atoms with Crippen LogP contribution in [0.5, 0.6) is 5.75 Å². The van der Waals surface area contributed by atoms with Crippen LogP contribution in [0.3, 0.4) is 0 Å². The van der Waals surface area contributed by atoms with Gasteiger partial charge >= 0.3 is 0 Å². The van der Waals surface area contributed by atoms with E-state index in [0.717, 1.165) is 11.1 Å². The fraction of sp³-hybridized carbons (Fsp3) is 0.105. The summed E-state index contributed by atoms with van der Waals surface area (Å²) in [5, 5.41) is 6.74. The third kappa shape index (κ3) is 4.47. The molecule has 0 saturated carbocycles. The molecule has 0 atom stereocenters. The molecular formula is C19H18N4O3. The average molecular weight is 350 g/mol. The summed E-state index contributed by atoms with van der Waals surface area (Å²) in [6.45, 7) is 1.73. The minimum Gasteiger partial charge on any atom is -0.484 e. The van der Waals surface area contributed by atoms with Gasteiger partial charge in [0.25, 0.3) is 11.8 Å². The summed E-state index contributed by atoms with van der Waals surface area (Å²) in [5.41, 5.74) is 7.43. The van der Waals surface area contributed by atoms with E-state index in [9.17, 15) is 9.59 Å². The van der Waals surface area contributed by atoms with Crippen LogP contribution in [0.25, 0.3) is 11.3 Å². The second kappa shape index (κ2) is 7.98. The van der Waals surface area contributed by atoms with E-state index in [2.05, 4.69) is 21.0 Å². The van der Waals surface area contributed by atoms with Gasteiger partial charge in [0.15, 0.2) is 6.61 Å². The van der Waals surface area contributed by atoms with Gasteiger partial charge in [-0.3, -0.25) is 25.5 Å². The molecule has 1 heterocycles. The number of hydrazine groups is 1. The molecule has 26 heavy (non-hydrogen) atoms. The van der Waals surface area contributed by atoms with Crippen LogP contribution in [0.15, 0.2) is 60.7 Å². The van der Waals surface area contributed by atoms with E-state index in [1.807, 2.05) is 55.5 Å². The molecule has 7 nitrogen and oxygen atoms in total. The molecular weight excluding hydrogens is 332 g/mol. The van der Waals surface area contributed by atoms with E-state index in [-0.39, 0.29) is 12.3 Å². The van der Waals surface area contributed by atoms with Gasteiger partial charge in [0.1, 0.15) is 11.4 Å². The van der Waals surface area contributed by atoms with E-state index in [1.54, 1.807) is 12.1 Å². The standard InChI is InChI=1S/C19H18N4O3/c1-13-6-5-9-15(10-13)26-12-18(24)22-23-19(25)17-11-16(20-21-17)14-7-3-2-4-8-14/h2-11H,12H2,1H3,(H,20,21)(H,22,24)(H,23,25). The van der Waals surface area contributed by atoms with Gasteiger partial charge in [-0.15, -0.1) is 0 Å². The maximum absolute atomic E-state index is 12.1. The number of ether oxygens (including phenoxy) is 1. The Bertz CT molecular complexity index is 906. The van der Waals surface area contributed by atoms with Crippen LogP contribution in [0, 0.1) is 6.92 Å². The molecule has 0 unspecified atom stereocenters. The molecule has 0 aliphatic carbocycles. The first kappa shape index (κ1) is 17.2. The second-order valence-corrected chi connectivity index (χ2v) is 5.64. The topological polar surface area (TPSA) is 96.1 Å². The molecule has 0 aliphatic rings. The van der Waals surface area contributed by atoms with Crippen molar-refractivity contribution in [2.24, 2.45) is 0 Å². The molecule has 0 radical (unpaired) electrons. The first-order valence-electron chi connectivity index (χ1n) is 8.01. The Morgan fingerprint density at radius 1 is 1.04 bits per heavy atom. The summed E-state index contributed by atoms with van der Waals surface area (Å²) < 4.78 is 5.37. The largest absolute Gasteiger partial charge is 0.484 e. The Balaban J connectivity index is 1.49. The lowest BCUT2D eigenvalue weighted by atomic mass is 10.1. The Kier molecular flexibility index (Phi) is 5.28. The van der Waals surface area contributed by atoms with Crippen LogP contribution in [0.4, 0.5) is 0 Å². The summed E-state index contributed by atoms with van der Waals surface area (Å²) in [7, 11) is 0. The third-order valence-electron chi connectivity index (χ3n) is 3.57. The van der Waals surface area contributed by atoms with Crippen molar-refractivity contribution in [1.82, 2.24) is 21.0 Å². The number of nitrogens with zero attached hydrogens (tertiary/aromatic N) is 1. The van der Waals surface area contributed by atoms with E-state index in [0.29, 0.717) is 11.4 Å². The SMILES string of the molecule is Cc1cccc(OCC(=O)NNC(=O)c2cc(-c3ccccc3)n[nH]2)c1. The van der Waals surface area contributed by atoms with Crippen molar-refractivity contribution in [2.45, 2.75) is 6.92 Å². The summed E-state index contributed by atoms with van der Waals surface area (Å²) in [5.74, 6) is -0.376. The van der Waals surface area contributed by atoms with E-state index in [4.69, 9.17) is 4.74 Å². The van der Waals surface area contributed by atoms with Crippen molar-refractivity contribution in [3.05, 3.63) is 71.9 Å². The van der Waals surface area contributed by atoms with E-state index < -0.39 is 11.8 Å². The molecule has 2 aromatic carbocycles. The highest BCUT2D eigenvalue weighted by atomic mass is 16.5. The molecule has 0 bridgehead atoms. The van der Waals surface area contributed by atoms with Crippen LogP contribution in [0.2, 0.25) is 0 Å². The van der Waals surface area contributed by atoms with Crippen LogP contribution >= 0.6 is 0 Å². The van der Waals surface area contributed by atoms with Gasteiger partial charge in [-0.1, -0.05) is 42.5 Å². The van der Waals surface area contributed by atoms with Crippen LogP contribution in [-0.4, -0.2) is 28.6 Å². The predicted octanol–water partition coefficient (Wildman–Crippen LogP) is 2.23. The molecule has 1 aromatic heterocycles. The molecule has 2 amide bonds. The summed E-state index contributed by atoms with van der Waals surface area (Å²) in [6.07, 6.45) is 0. The molecule has 0 spiro atoms. The monoisotopic (exact) mass is 350 g/mol. The molecule has 0 saturated heterocycles. The minimum atomic E-state index is -0.497. The van der Waals surface area contributed by atoms with Gasteiger partial charge < -0.3 is 4.74 Å². The van der Waals surface area contributed by atoms with Gasteiger partial charge in [-0.25, -0.2) is 0 Å². The highest BCUT2D eigenvalue weighted by Gasteiger charge is 2.12. The first-order chi connectivity index (χ1) is 12.6. The zero-order valence-electron chi connectivity index (χ0n) is 14.2. The maximum atomic E-state index is 12.1. The molecule has 3 aromatic rings. The lowest BCUT2D eigenvalue weighted by Crippen LogP contribution is -2.44. The van der Waals surface area contributed by atoms with Gasteiger partial charge in [0.05, 0.1) is 5.69 Å². The van der Waals surface area contributed by atoms with Gasteiger partial charge in [-0.05, 0) is 30.7 Å². The number of rotatable bonds is 5. The molecule has 132 valence electrons. The van der Waals surface area contributed by atoms with Gasteiger partial charge in [-0.2, -0.15) is 5.10 Å². The van der Waals surface area contributed by atoms with Crippen LogP contribution < -0.4 is 15.6 Å².